The van der Waals surface area contributed by atoms with Crippen molar-refractivity contribution in [1.82, 2.24) is 4.57 Å². The second kappa shape index (κ2) is 3.48. The summed E-state index contributed by atoms with van der Waals surface area (Å²) >= 11 is 0. The Morgan fingerprint density at radius 3 is 3.17 bits per heavy atom. The van der Waals surface area contributed by atoms with Gasteiger partial charge in [-0.25, -0.2) is 0 Å². The van der Waals surface area contributed by atoms with Gasteiger partial charge in [-0.15, -0.1) is 0 Å². The molecule has 0 aliphatic carbocycles. The molecule has 0 spiro atoms. The van der Waals surface area contributed by atoms with E-state index >= 15 is 0 Å². The van der Waals surface area contributed by atoms with Gasteiger partial charge in [0.05, 0.1) is 18.5 Å². The van der Waals surface area contributed by atoms with Gasteiger partial charge in [-0.05, 0) is 30.2 Å². The van der Waals surface area contributed by atoms with Crippen LogP contribution in [0.2, 0.25) is 0 Å². The summed E-state index contributed by atoms with van der Waals surface area (Å²) in [4.78, 5) is 4.52. The lowest BCUT2D eigenvalue weighted by Crippen LogP contribution is -2.10. The summed E-state index contributed by atoms with van der Waals surface area (Å²) in [6.07, 6.45) is 6.24. The zero-order valence-electron chi connectivity index (χ0n) is 10.3. The van der Waals surface area contributed by atoms with Gasteiger partial charge in [-0.1, -0.05) is 6.08 Å². The Kier molecular flexibility index (Phi) is 1.92. The Morgan fingerprint density at radius 1 is 1.33 bits per heavy atom. The van der Waals surface area contributed by atoms with Crippen LogP contribution < -0.4 is 4.74 Å². The van der Waals surface area contributed by atoms with Crippen molar-refractivity contribution in [2.24, 2.45) is 4.99 Å². The number of rotatable bonds is 1. The fourth-order valence-electron chi connectivity index (χ4n) is 3.04. The molecule has 18 heavy (non-hydrogen) atoms. The second-order valence-corrected chi connectivity index (χ2v) is 4.76. The first kappa shape index (κ1) is 9.95. The van der Waals surface area contributed by atoms with Crippen molar-refractivity contribution >= 4 is 22.8 Å². The number of nitrogens with zero attached hydrogens (tertiary/aromatic N) is 2. The maximum Gasteiger partial charge on any atom is 0.119 e. The summed E-state index contributed by atoms with van der Waals surface area (Å²) in [5, 5.41) is 1.31. The van der Waals surface area contributed by atoms with Crippen LogP contribution in [0.5, 0.6) is 5.75 Å². The monoisotopic (exact) mass is 238 g/mol. The fraction of sp³-hybridized carbons (Fsp3) is 0.267. The van der Waals surface area contributed by atoms with Crippen LogP contribution >= 0.6 is 0 Å². The summed E-state index contributed by atoms with van der Waals surface area (Å²) in [6, 6.07) is 6.35. The minimum absolute atomic E-state index is 0.920. The molecule has 0 N–H and O–H groups in total. The third-order valence-electron chi connectivity index (χ3n) is 3.83. The van der Waals surface area contributed by atoms with Gasteiger partial charge < -0.3 is 9.30 Å². The number of fused-ring (bicyclic) bond motifs is 3. The third-order valence-corrected chi connectivity index (χ3v) is 3.83. The Balaban J connectivity index is 2.11. The molecule has 3 nitrogen and oxygen atoms in total. The number of allylic oxidation sites excluding steroid dienone is 1. The van der Waals surface area contributed by atoms with Gasteiger partial charge in [0.15, 0.2) is 0 Å². The highest BCUT2D eigenvalue weighted by molar-refractivity contribution is 5.96. The van der Waals surface area contributed by atoms with Gasteiger partial charge in [0.25, 0.3) is 0 Å². The molecule has 0 fully saturated rings. The van der Waals surface area contributed by atoms with Gasteiger partial charge in [0.1, 0.15) is 5.75 Å². The lowest BCUT2D eigenvalue weighted by Gasteiger charge is -2.18. The lowest BCUT2D eigenvalue weighted by molar-refractivity contribution is 0.415. The standard InChI is InChI=1S/C15H14N2O/c1-18-10-4-5-14-12(9-10)11-6-7-16-13-3-2-8-17(14)15(11)13/h3-5,7,9H,2,6,8H2,1H3. The third kappa shape index (κ3) is 1.16. The predicted molar refractivity (Wildman–Crippen MR) is 73.3 cm³/mol. The fourth-order valence-corrected chi connectivity index (χ4v) is 3.04. The largest absolute Gasteiger partial charge is 0.497 e. The molecule has 0 saturated carbocycles. The van der Waals surface area contributed by atoms with Crippen molar-refractivity contribution in [1.29, 1.82) is 0 Å². The number of benzene rings is 1. The molecule has 3 heterocycles. The molecule has 1 aromatic carbocycles. The molecule has 0 unspecified atom stereocenters. The summed E-state index contributed by atoms with van der Waals surface area (Å²) in [5.74, 6) is 0.926. The number of hydrogen-bond acceptors (Lipinski definition) is 2. The molecule has 0 atom stereocenters. The van der Waals surface area contributed by atoms with E-state index in [4.69, 9.17) is 4.74 Å². The van der Waals surface area contributed by atoms with E-state index in [1.165, 1.54) is 22.2 Å². The van der Waals surface area contributed by atoms with E-state index in [1.54, 1.807) is 7.11 Å². The molecule has 0 saturated heterocycles. The second-order valence-electron chi connectivity index (χ2n) is 4.76. The smallest absolute Gasteiger partial charge is 0.119 e. The number of hydrogen-bond donors (Lipinski definition) is 0. The Labute approximate surface area is 105 Å². The van der Waals surface area contributed by atoms with Crippen LogP contribution in [0.25, 0.3) is 16.6 Å². The van der Waals surface area contributed by atoms with Crippen LogP contribution in [0, 0.1) is 0 Å². The molecule has 3 heteroatoms. The number of aromatic nitrogens is 1. The van der Waals surface area contributed by atoms with Crippen molar-refractivity contribution in [3.05, 3.63) is 35.5 Å². The number of ether oxygens (including phenoxy) is 1. The summed E-state index contributed by atoms with van der Waals surface area (Å²) in [5.41, 5.74) is 5.14. The zero-order chi connectivity index (χ0) is 12.1. The molecule has 0 amide bonds. The van der Waals surface area contributed by atoms with Crippen molar-refractivity contribution in [2.75, 3.05) is 7.11 Å². The van der Waals surface area contributed by atoms with Gasteiger partial charge >= 0.3 is 0 Å². The lowest BCUT2D eigenvalue weighted by atomic mass is 10.0. The average Bonchev–Trinajstić information content (AvgIpc) is 2.76. The first-order valence-corrected chi connectivity index (χ1v) is 6.30. The van der Waals surface area contributed by atoms with Gasteiger partial charge in [-0.2, -0.15) is 0 Å². The molecular formula is C15H14N2O. The van der Waals surface area contributed by atoms with E-state index in [9.17, 15) is 0 Å². The van der Waals surface area contributed by atoms with Gasteiger partial charge in [-0.3, -0.25) is 4.99 Å². The minimum Gasteiger partial charge on any atom is -0.497 e. The first-order valence-electron chi connectivity index (χ1n) is 6.30. The van der Waals surface area contributed by atoms with Crippen LogP contribution in [0.1, 0.15) is 17.7 Å². The Hall–Kier alpha value is -2.03. The van der Waals surface area contributed by atoms with Crippen molar-refractivity contribution in [3.8, 4) is 5.75 Å². The van der Waals surface area contributed by atoms with E-state index < -0.39 is 0 Å². The predicted octanol–water partition coefficient (Wildman–Crippen LogP) is 3.02. The Morgan fingerprint density at radius 2 is 2.28 bits per heavy atom. The Bertz CT molecular complexity index is 707. The first-order chi connectivity index (χ1) is 8.88. The van der Waals surface area contributed by atoms with Crippen LogP contribution in [-0.2, 0) is 13.0 Å². The molecule has 1 aromatic heterocycles. The highest BCUT2D eigenvalue weighted by Crippen LogP contribution is 2.38. The molecule has 4 rings (SSSR count). The van der Waals surface area contributed by atoms with Crippen LogP contribution in [0.4, 0.5) is 0 Å². The topological polar surface area (TPSA) is 26.5 Å². The zero-order valence-corrected chi connectivity index (χ0v) is 10.3. The normalized spacial score (nSPS) is 16.6. The van der Waals surface area contributed by atoms with Crippen LogP contribution in [0.3, 0.4) is 0 Å². The van der Waals surface area contributed by atoms with Crippen molar-refractivity contribution in [2.45, 2.75) is 19.4 Å². The van der Waals surface area contributed by atoms with E-state index in [0.29, 0.717) is 0 Å². The van der Waals surface area contributed by atoms with E-state index in [-0.39, 0.29) is 0 Å². The molecule has 0 radical (unpaired) electrons. The summed E-state index contributed by atoms with van der Waals surface area (Å²) in [6.45, 7) is 1.05. The van der Waals surface area contributed by atoms with E-state index in [0.717, 1.165) is 30.8 Å². The van der Waals surface area contributed by atoms with E-state index in [1.807, 2.05) is 12.3 Å². The van der Waals surface area contributed by atoms with Gasteiger partial charge in [0, 0.05) is 30.1 Å². The minimum atomic E-state index is 0.920. The van der Waals surface area contributed by atoms with Crippen LogP contribution in [-0.4, -0.2) is 17.9 Å². The maximum absolute atomic E-state index is 5.34. The molecule has 90 valence electrons. The molecular weight excluding hydrogens is 224 g/mol. The van der Waals surface area contributed by atoms with Crippen molar-refractivity contribution in [3.63, 3.8) is 0 Å². The van der Waals surface area contributed by atoms with Gasteiger partial charge in [0.2, 0.25) is 0 Å². The number of aryl methyl sites for hydroxylation is 1. The molecule has 0 bridgehead atoms. The van der Waals surface area contributed by atoms with Crippen LogP contribution in [0.15, 0.2) is 29.3 Å². The highest BCUT2D eigenvalue weighted by Gasteiger charge is 2.23. The summed E-state index contributed by atoms with van der Waals surface area (Å²) in [7, 11) is 1.72. The van der Waals surface area contributed by atoms with E-state index in [2.05, 4.69) is 27.8 Å². The number of methoxy groups -OCH3 is 1. The molecule has 2 aliphatic rings. The number of aliphatic imine (C=N–C) groups is 1. The highest BCUT2D eigenvalue weighted by atomic mass is 16.5. The average molecular weight is 238 g/mol. The molecule has 2 aliphatic heterocycles. The SMILES string of the molecule is COc1ccc2c(c1)c1c3n2CCC=C3N=CC1. The molecule has 2 aromatic rings. The van der Waals surface area contributed by atoms with Crippen molar-refractivity contribution < 1.29 is 4.74 Å². The summed E-state index contributed by atoms with van der Waals surface area (Å²) < 4.78 is 7.74. The quantitative estimate of drug-likeness (QED) is 0.750. The maximum atomic E-state index is 5.34.